The third-order valence-electron chi connectivity index (χ3n) is 3.00. The SMILES string of the molecule is CNCc1ccc(F)cc1-c1cccc(F)c1C. The Morgan fingerprint density at radius 1 is 1.06 bits per heavy atom. The molecule has 0 saturated heterocycles. The third kappa shape index (κ3) is 2.41. The molecule has 0 heterocycles. The third-order valence-corrected chi connectivity index (χ3v) is 3.00. The van der Waals surface area contributed by atoms with E-state index in [1.807, 2.05) is 13.1 Å². The molecular formula is C15H15F2N. The van der Waals surface area contributed by atoms with Crippen molar-refractivity contribution in [2.24, 2.45) is 0 Å². The minimum absolute atomic E-state index is 0.271. The van der Waals surface area contributed by atoms with E-state index in [1.54, 1.807) is 19.1 Å². The van der Waals surface area contributed by atoms with E-state index in [4.69, 9.17) is 0 Å². The van der Waals surface area contributed by atoms with Gasteiger partial charge >= 0.3 is 0 Å². The van der Waals surface area contributed by atoms with Crippen molar-refractivity contribution in [3.8, 4) is 11.1 Å². The number of benzene rings is 2. The van der Waals surface area contributed by atoms with Crippen LogP contribution in [0.3, 0.4) is 0 Å². The predicted octanol–water partition coefficient (Wildman–Crippen LogP) is 3.66. The van der Waals surface area contributed by atoms with Crippen LogP contribution < -0.4 is 5.32 Å². The van der Waals surface area contributed by atoms with Crippen LogP contribution >= 0.6 is 0 Å². The maximum Gasteiger partial charge on any atom is 0.126 e. The number of nitrogens with one attached hydrogen (secondary N) is 1. The van der Waals surface area contributed by atoms with Gasteiger partial charge in [0.25, 0.3) is 0 Å². The lowest BCUT2D eigenvalue weighted by molar-refractivity contribution is 0.618. The Morgan fingerprint density at radius 3 is 2.56 bits per heavy atom. The smallest absolute Gasteiger partial charge is 0.126 e. The molecule has 3 heteroatoms. The van der Waals surface area contributed by atoms with Gasteiger partial charge in [0.1, 0.15) is 11.6 Å². The second-order valence-electron chi connectivity index (χ2n) is 4.24. The maximum absolute atomic E-state index is 13.6. The van der Waals surface area contributed by atoms with Crippen molar-refractivity contribution in [3.63, 3.8) is 0 Å². The fourth-order valence-electron chi connectivity index (χ4n) is 2.04. The molecule has 0 aliphatic rings. The Kier molecular flexibility index (Phi) is 3.72. The number of rotatable bonds is 3. The molecule has 1 N–H and O–H groups in total. The van der Waals surface area contributed by atoms with Crippen LogP contribution in [0.15, 0.2) is 36.4 Å². The second kappa shape index (κ2) is 5.27. The van der Waals surface area contributed by atoms with E-state index in [1.165, 1.54) is 18.2 Å². The van der Waals surface area contributed by atoms with E-state index in [9.17, 15) is 8.78 Å². The summed E-state index contributed by atoms with van der Waals surface area (Å²) in [5.41, 5.74) is 2.97. The largest absolute Gasteiger partial charge is 0.316 e. The predicted molar refractivity (Wildman–Crippen MR) is 69.3 cm³/mol. The van der Waals surface area contributed by atoms with Crippen molar-refractivity contribution in [1.82, 2.24) is 5.32 Å². The molecule has 0 aliphatic carbocycles. The molecule has 94 valence electrons. The molecule has 18 heavy (non-hydrogen) atoms. The summed E-state index contributed by atoms with van der Waals surface area (Å²) in [4.78, 5) is 0. The summed E-state index contributed by atoms with van der Waals surface area (Å²) >= 11 is 0. The Morgan fingerprint density at radius 2 is 1.83 bits per heavy atom. The second-order valence-corrected chi connectivity index (χ2v) is 4.24. The van der Waals surface area contributed by atoms with E-state index in [-0.39, 0.29) is 11.6 Å². The van der Waals surface area contributed by atoms with Crippen molar-refractivity contribution in [2.75, 3.05) is 7.05 Å². The zero-order valence-electron chi connectivity index (χ0n) is 10.4. The molecule has 0 unspecified atom stereocenters. The van der Waals surface area contributed by atoms with Crippen molar-refractivity contribution in [1.29, 1.82) is 0 Å². The van der Waals surface area contributed by atoms with E-state index in [0.717, 1.165) is 16.7 Å². The van der Waals surface area contributed by atoms with Gasteiger partial charge in [-0.05, 0) is 54.4 Å². The summed E-state index contributed by atoms with van der Waals surface area (Å²) in [6.45, 7) is 2.32. The van der Waals surface area contributed by atoms with Crippen LogP contribution in [0.2, 0.25) is 0 Å². The topological polar surface area (TPSA) is 12.0 Å². The standard InChI is InChI=1S/C15H15F2N/c1-10-13(4-3-5-15(10)17)14-8-12(16)7-6-11(14)9-18-2/h3-8,18H,9H2,1-2H3. The lowest BCUT2D eigenvalue weighted by Crippen LogP contribution is -2.07. The summed E-state index contributed by atoms with van der Waals surface area (Å²) in [5, 5.41) is 3.03. The first-order chi connectivity index (χ1) is 8.63. The molecule has 0 fully saturated rings. The Balaban J connectivity index is 2.61. The zero-order chi connectivity index (χ0) is 13.1. The maximum atomic E-state index is 13.6. The highest BCUT2D eigenvalue weighted by Crippen LogP contribution is 2.29. The minimum Gasteiger partial charge on any atom is -0.316 e. The highest BCUT2D eigenvalue weighted by molar-refractivity contribution is 5.70. The molecule has 2 aromatic carbocycles. The van der Waals surface area contributed by atoms with Gasteiger partial charge in [-0.1, -0.05) is 18.2 Å². The van der Waals surface area contributed by atoms with E-state index in [2.05, 4.69) is 5.32 Å². The molecule has 1 nitrogen and oxygen atoms in total. The number of halogens is 2. The Labute approximate surface area is 105 Å². The van der Waals surface area contributed by atoms with E-state index < -0.39 is 0 Å². The van der Waals surface area contributed by atoms with E-state index in [0.29, 0.717) is 12.1 Å². The fourth-order valence-corrected chi connectivity index (χ4v) is 2.04. The van der Waals surface area contributed by atoms with E-state index >= 15 is 0 Å². The highest BCUT2D eigenvalue weighted by Gasteiger charge is 2.10. The van der Waals surface area contributed by atoms with Crippen LogP contribution in [-0.4, -0.2) is 7.05 Å². The van der Waals surface area contributed by atoms with Crippen LogP contribution in [0.4, 0.5) is 8.78 Å². The first-order valence-corrected chi connectivity index (χ1v) is 5.82. The summed E-state index contributed by atoms with van der Waals surface area (Å²) in [7, 11) is 1.82. The van der Waals surface area contributed by atoms with Crippen LogP contribution in [0.25, 0.3) is 11.1 Å². The van der Waals surface area contributed by atoms with Gasteiger partial charge in [-0.2, -0.15) is 0 Å². The van der Waals surface area contributed by atoms with Crippen LogP contribution in [0, 0.1) is 18.6 Å². The van der Waals surface area contributed by atoms with Gasteiger partial charge in [0, 0.05) is 6.54 Å². The first-order valence-electron chi connectivity index (χ1n) is 5.82. The average molecular weight is 247 g/mol. The molecular weight excluding hydrogens is 232 g/mol. The Bertz CT molecular complexity index is 564. The highest BCUT2D eigenvalue weighted by atomic mass is 19.1. The minimum atomic E-state index is -0.312. The lowest BCUT2D eigenvalue weighted by atomic mass is 9.95. The lowest BCUT2D eigenvalue weighted by Gasteiger charge is -2.12. The van der Waals surface area contributed by atoms with Gasteiger partial charge in [0.2, 0.25) is 0 Å². The van der Waals surface area contributed by atoms with Crippen molar-refractivity contribution in [2.45, 2.75) is 13.5 Å². The molecule has 2 aromatic rings. The van der Waals surface area contributed by atoms with Gasteiger partial charge in [0.05, 0.1) is 0 Å². The summed E-state index contributed by atoms with van der Waals surface area (Å²) in [5.74, 6) is -0.583. The monoisotopic (exact) mass is 247 g/mol. The quantitative estimate of drug-likeness (QED) is 0.872. The molecule has 0 saturated carbocycles. The molecule has 0 amide bonds. The van der Waals surface area contributed by atoms with Crippen molar-refractivity contribution >= 4 is 0 Å². The molecule has 0 aromatic heterocycles. The summed E-state index contributed by atoms with van der Waals surface area (Å²) in [6.07, 6.45) is 0. The zero-order valence-corrected chi connectivity index (χ0v) is 10.4. The van der Waals surface area contributed by atoms with Crippen molar-refractivity contribution in [3.05, 3.63) is 59.2 Å². The van der Waals surface area contributed by atoms with Gasteiger partial charge in [-0.25, -0.2) is 8.78 Å². The molecule has 0 aliphatic heterocycles. The summed E-state index contributed by atoms with van der Waals surface area (Å²) < 4.78 is 27.0. The molecule has 0 radical (unpaired) electrons. The van der Waals surface area contributed by atoms with Gasteiger partial charge in [-0.3, -0.25) is 0 Å². The van der Waals surface area contributed by atoms with Crippen LogP contribution in [-0.2, 0) is 6.54 Å². The van der Waals surface area contributed by atoms with Gasteiger partial charge in [0.15, 0.2) is 0 Å². The summed E-state index contributed by atoms with van der Waals surface area (Å²) in [6, 6.07) is 9.47. The van der Waals surface area contributed by atoms with Crippen LogP contribution in [0.1, 0.15) is 11.1 Å². The number of hydrogen-bond acceptors (Lipinski definition) is 1. The van der Waals surface area contributed by atoms with Crippen LogP contribution in [0.5, 0.6) is 0 Å². The molecule has 0 atom stereocenters. The fraction of sp³-hybridized carbons (Fsp3) is 0.200. The normalized spacial score (nSPS) is 10.7. The van der Waals surface area contributed by atoms with Gasteiger partial charge < -0.3 is 5.32 Å². The average Bonchev–Trinajstić information content (AvgIpc) is 2.35. The van der Waals surface area contributed by atoms with Crippen molar-refractivity contribution < 1.29 is 8.78 Å². The molecule has 2 rings (SSSR count). The van der Waals surface area contributed by atoms with Gasteiger partial charge in [-0.15, -0.1) is 0 Å². The molecule has 0 spiro atoms. The first kappa shape index (κ1) is 12.7. The molecule has 0 bridgehead atoms. The Hall–Kier alpha value is -1.74. The number of hydrogen-bond donors (Lipinski definition) is 1.